The molecule has 4 heterocycles. The first-order valence-electron chi connectivity index (χ1n) is 10.2. The minimum absolute atomic E-state index is 0.379. The lowest BCUT2D eigenvalue weighted by Crippen LogP contribution is -2.59. The van der Waals surface area contributed by atoms with Crippen LogP contribution < -0.4 is 9.62 Å². The van der Waals surface area contributed by atoms with Crippen molar-refractivity contribution in [1.29, 1.82) is 0 Å². The van der Waals surface area contributed by atoms with E-state index in [9.17, 15) is 8.42 Å². The molecule has 1 aromatic rings. The Balaban J connectivity index is 1.26. The number of hydrogen-bond donors (Lipinski definition) is 1. The molecule has 6 nitrogen and oxygen atoms in total. The van der Waals surface area contributed by atoms with Crippen molar-refractivity contribution in [3.8, 4) is 0 Å². The SMILES string of the molecule is CS(=O)(=O)NCC1CC2CCN1CC2CN1CCN(c2ccccc2)CC1. The number of nitrogens with one attached hydrogen (secondary N) is 1. The van der Waals surface area contributed by atoms with Crippen LogP contribution in [0.4, 0.5) is 5.69 Å². The molecular formula is C20H32N4O2S. The van der Waals surface area contributed by atoms with Crippen LogP contribution in [-0.2, 0) is 10.0 Å². The van der Waals surface area contributed by atoms with E-state index in [4.69, 9.17) is 0 Å². The van der Waals surface area contributed by atoms with Gasteiger partial charge in [0.25, 0.3) is 0 Å². The molecule has 0 aliphatic carbocycles. The largest absolute Gasteiger partial charge is 0.369 e. The van der Waals surface area contributed by atoms with E-state index in [0.29, 0.717) is 12.6 Å². The summed E-state index contributed by atoms with van der Waals surface area (Å²) in [5.74, 6) is 1.48. The van der Waals surface area contributed by atoms with Gasteiger partial charge >= 0.3 is 0 Å². The van der Waals surface area contributed by atoms with E-state index in [1.165, 1.54) is 24.9 Å². The molecule has 0 radical (unpaired) electrons. The molecule has 0 aromatic heterocycles. The first kappa shape index (κ1) is 19.2. The summed E-state index contributed by atoms with van der Waals surface area (Å²) >= 11 is 0. The Kier molecular flexibility index (Phi) is 5.73. The van der Waals surface area contributed by atoms with Gasteiger partial charge < -0.3 is 4.90 Å². The molecule has 4 fully saturated rings. The highest BCUT2D eigenvalue weighted by Gasteiger charge is 2.40. The lowest BCUT2D eigenvalue weighted by atomic mass is 9.75. The van der Waals surface area contributed by atoms with Crippen molar-refractivity contribution in [2.24, 2.45) is 11.8 Å². The van der Waals surface area contributed by atoms with Crippen LogP contribution in [0.15, 0.2) is 30.3 Å². The Bertz CT molecular complexity index is 719. The van der Waals surface area contributed by atoms with Crippen LogP contribution in [0.5, 0.6) is 0 Å². The maximum atomic E-state index is 11.4. The Labute approximate surface area is 163 Å². The van der Waals surface area contributed by atoms with Gasteiger partial charge in [-0.05, 0) is 43.4 Å². The number of piperazine rings is 1. The minimum Gasteiger partial charge on any atom is -0.369 e. The van der Waals surface area contributed by atoms with E-state index < -0.39 is 10.0 Å². The number of para-hydroxylation sites is 1. The summed E-state index contributed by atoms with van der Waals surface area (Å²) < 4.78 is 25.5. The second kappa shape index (κ2) is 8.07. The molecule has 4 aliphatic rings. The van der Waals surface area contributed by atoms with Gasteiger partial charge in [0.1, 0.15) is 0 Å². The number of fused-ring (bicyclic) bond motifs is 3. The Morgan fingerprint density at radius 1 is 1.07 bits per heavy atom. The maximum absolute atomic E-state index is 11.4. The molecule has 27 heavy (non-hydrogen) atoms. The predicted octanol–water partition coefficient (Wildman–Crippen LogP) is 1.07. The Hall–Kier alpha value is -1.15. The van der Waals surface area contributed by atoms with E-state index >= 15 is 0 Å². The first-order valence-corrected chi connectivity index (χ1v) is 12.1. The van der Waals surface area contributed by atoms with Crippen molar-refractivity contribution in [3.05, 3.63) is 30.3 Å². The highest BCUT2D eigenvalue weighted by atomic mass is 32.2. The van der Waals surface area contributed by atoms with Crippen molar-refractivity contribution >= 4 is 15.7 Å². The number of rotatable bonds is 6. The van der Waals surface area contributed by atoms with Gasteiger partial charge in [0.05, 0.1) is 6.26 Å². The highest BCUT2D eigenvalue weighted by Crippen LogP contribution is 2.36. The zero-order valence-corrected chi connectivity index (χ0v) is 17.1. The number of piperidine rings is 3. The standard InChI is InChI=1S/C20H32N4O2S/c1-27(25,26)21-14-20-13-17-7-8-24(20)16-18(17)15-22-9-11-23(12-10-22)19-5-3-2-4-6-19/h2-6,17-18,20-21H,7-16H2,1H3. The van der Waals surface area contributed by atoms with E-state index in [-0.39, 0.29) is 0 Å². The smallest absolute Gasteiger partial charge is 0.208 e. The zero-order chi connectivity index (χ0) is 18.9. The van der Waals surface area contributed by atoms with Crippen molar-refractivity contribution in [2.75, 3.05) is 63.5 Å². The molecule has 2 bridgehead atoms. The normalized spacial score (nSPS) is 32.0. The van der Waals surface area contributed by atoms with E-state index in [2.05, 4.69) is 49.8 Å². The third-order valence-electron chi connectivity index (χ3n) is 6.58. The Morgan fingerprint density at radius 2 is 1.81 bits per heavy atom. The second-order valence-corrected chi connectivity index (χ2v) is 10.3. The van der Waals surface area contributed by atoms with Gasteiger partial charge in [-0.3, -0.25) is 9.80 Å². The first-order chi connectivity index (χ1) is 13.0. The monoisotopic (exact) mass is 392 g/mol. The average molecular weight is 393 g/mol. The summed E-state index contributed by atoms with van der Waals surface area (Å²) in [6, 6.07) is 11.1. The second-order valence-electron chi connectivity index (χ2n) is 8.44. The molecule has 4 saturated heterocycles. The van der Waals surface area contributed by atoms with Crippen molar-refractivity contribution in [1.82, 2.24) is 14.5 Å². The fourth-order valence-corrected chi connectivity index (χ4v) is 5.57. The van der Waals surface area contributed by atoms with Gasteiger partial charge in [-0.15, -0.1) is 0 Å². The quantitative estimate of drug-likeness (QED) is 0.785. The molecule has 0 saturated carbocycles. The number of nitrogens with zero attached hydrogens (tertiary/aromatic N) is 3. The summed E-state index contributed by atoms with van der Waals surface area (Å²) in [7, 11) is -3.09. The summed E-state index contributed by atoms with van der Waals surface area (Å²) in [6.45, 7) is 8.49. The molecule has 4 aliphatic heterocycles. The van der Waals surface area contributed by atoms with Gasteiger partial charge in [-0.1, -0.05) is 18.2 Å². The van der Waals surface area contributed by atoms with E-state index in [1.54, 1.807) is 0 Å². The highest BCUT2D eigenvalue weighted by molar-refractivity contribution is 7.88. The number of hydrogen-bond acceptors (Lipinski definition) is 5. The van der Waals surface area contributed by atoms with Gasteiger partial charge in [0, 0.05) is 57.5 Å². The van der Waals surface area contributed by atoms with Crippen molar-refractivity contribution in [2.45, 2.75) is 18.9 Å². The van der Waals surface area contributed by atoms with Crippen LogP contribution in [0.3, 0.4) is 0 Å². The molecule has 4 unspecified atom stereocenters. The molecule has 0 amide bonds. The van der Waals surface area contributed by atoms with Gasteiger partial charge in [-0.25, -0.2) is 13.1 Å². The number of anilines is 1. The molecule has 0 spiro atoms. The van der Waals surface area contributed by atoms with Crippen LogP contribution >= 0.6 is 0 Å². The van der Waals surface area contributed by atoms with Crippen LogP contribution in [0, 0.1) is 11.8 Å². The van der Waals surface area contributed by atoms with Crippen LogP contribution in [0.2, 0.25) is 0 Å². The molecule has 7 heteroatoms. The summed E-state index contributed by atoms with van der Waals surface area (Å²) in [5, 5.41) is 0. The summed E-state index contributed by atoms with van der Waals surface area (Å²) in [4.78, 5) is 7.64. The number of sulfonamides is 1. The van der Waals surface area contributed by atoms with Crippen molar-refractivity contribution < 1.29 is 8.42 Å². The predicted molar refractivity (Wildman–Crippen MR) is 110 cm³/mol. The van der Waals surface area contributed by atoms with E-state index in [1.807, 2.05) is 0 Å². The van der Waals surface area contributed by atoms with Crippen LogP contribution in [0.1, 0.15) is 12.8 Å². The van der Waals surface area contributed by atoms with E-state index in [0.717, 1.165) is 57.5 Å². The van der Waals surface area contributed by atoms with Gasteiger partial charge in [-0.2, -0.15) is 0 Å². The molecular weight excluding hydrogens is 360 g/mol. The summed E-state index contributed by atoms with van der Waals surface area (Å²) in [5.41, 5.74) is 1.33. The minimum atomic E-state index is -3.09. The zero-order valence-electron chi connectivity index (χ0n) is 16.3. The fourth-order valence-electron chi connectivity index (χ4n) is 5.08. The lowest BCUT2D eigenvalue weighted by molar-refractivity contribution is -0.0107. The third-order valence-corrected chi connectivity index (χ3v) is 7.27. The topological polar surface area (TPSA) is 55.9 Å². The molecule has 4 atom stereocenters. The van der Waals surface area contributed by atoms with Crippen molar-refractivity contribution in [3.63, 3.8) is 0 Å². The molecule has 1 N–H and O–H groups in total. The van der Waals surface area contributed by atoms with Crippen LogP contribution in [-0.4, -0.2) is 82.9 Å². The molecule has 150 valence electrons. The fraction of sp³-hybridized carbons (Fsp3) is 0.700. The third kappa shape index (κ3) is 4.83. The molecule has 1 aromatic carbocycles. The Morgan fingerprint density at radius 3 is 2.44 bits per heavy atom. The lowest BCUT2D eigenvalue weighted by Gasteiger charge is -2.51. The van der Waals surface area contributed by atoms with Gasteiger partial charge in [0.2, 0.25) is 10.0 Å². The van der Waals surface area contributed by atoms with Crippen LogP contribution in [0.25, 0.3) is 0 Å². The van der Waals surface area contributed by atoms with Gasteiger partial charge in [0.15, 0.2) is 0 Å². The molecule has 5 rings (SSSR count). The average Bonchev–Trinajstić information content (AvgIpc) is 2.68. The summed E-state index contributed by atoms with van der Waals surface area (Å²) in [6.07, 6.45) is 3.66. The maximum Gasteiger partial charge on any atom is 0.208 e. The number of benzene rings is 1.